The summed E-state index contributed by atoms with van der Waals surface area (Å²) >= 11 is 0. The molecule has 0 unspecified atom stereocenters. The van der Waals surface area contributed by atoms with Crippen LogP contribution in [0.25, 0.3) is 12.2 Å². The van der Waals surface area contributed by atoms with Gasteiger partial charge < -0.3 is 4.42 Å². The van der Waals surface area contributed by atoms with Crippen LogP contribution < -0.4 is 0 Å². The van der Waals surface area contributed by atoms with E-state index in [-0.39, 0.29) is 0 Å². The summed E-state index contributed by atoms with van der Waals surface area (Å²) in [6, 6.07) is 1.77. The van der Waals surface area contributed by atoms with Crippen LogP contribution >= 0.6 is 0 Å². The summed E-state index contributed by atoms with van der Waals surface area (Å²) < 4.78 is 5.00. The third kappa shape index (κ3) is 1.99. The molecule has 0 saturated heterocycles. The summed E-state index contributed by atoms with van der Waals surface area (Å²) in [4.78, 5) is 11.9. The maximum absolute atomic E-state index is 5.00. The molecule has 0 fully saturated rings. The van der Waals surface area contributed by atoms with Crippen molar-refractivity contribution in [3.63, 3.8) is 0 Å². The maximum atomic E-state index is 5.00. The van der Waals surface area contributed by atoms with Crippen molar-refractivity contribution in [1.82, 2.24) is 15.0 Å². The SMILES string of the molecule is C(=C\c1ncco1)/c1ncccn1. The Bertz CT molecular complexity index is 381. The van der Waals surface area contributed by atoms with Crippen molar-refractivity contribution < 1.29 is 4.42 Å². The molecule has 64 valence electrons. The molecule has 4 nitrogen and oxygen atoms in total. The van der Waals surface area contributed by atoms with Gasteiger partial charge >= 0.3 is 0 Å². The van der Waals surface area contributed by atoms with Crippen LogP contribution in [0.5, 0.6) is 0 Å². The molecule has 0 atom stereocenters. The largest absolute Gasteiger partial charge is 0.445 e. The normalized spacial score (nSPS) is 10.8. The molecule has 2 heterocycles. The summed E-state index contributed by atoms with van der Waals surface area (Å²) in [6.07, 6.45) is 9.93. The molecule has 2 aromatic rings. The van der Waals surface area contributed by atoms with Crippen molar-refractivity contribution >= 4 is 12.2 Å². The fraction of sp³-hybridized carbons (Fsp3) is 0. The van der Waals surface area contributed by atoms with Gasteiger partial charge in [0.15, 0.2) is 5.82 Å². The Morgan fingerprint density at radius 3 is 2.54 bits per heavy atom. The molecular formula is C9H7N3O. The predicted octanol–water partition coefficient (Wildman–Crippen LogP) is 1.63. The van der Waals surface area contributed by atoms with E-state index in [1.54, 1.807) is 36.8 Å². The highest BCUT2D eigenvalue weighted by Gasteiger charge is 1.90. The van der Waals surface area contributed by atoms with Gasteiger partial charge in [0, 0.05) is 18.5 Å². The molecule has 0 aromatic carbocycles. The zero-order chi connectivity index (χ0) is 8.93. The van der Waals surface area contributed by atoms with E-state index in [2.05, 4.69) is 15.0 Å². The molecule has 0 aliphatic carbocycles. The highest BCUT2D eigenvalue weighted by Crippen LogP contribution is 2.00. The van der Waals surface area contributed by atoms with Gasteiger partial charge in [-0.3, -0.25) is 0 Å². The minimum Gasteiger partial charge on any atom is -0.445 e. The molecule has 0 aliphatic heterocycles. The molecular weight excluding hydrogens is 166 g/mol. The standard InChI is InChI=1S/C9H7N3O/c1-4-10-8(11-5-1)2-3-9-12-6-7-13-9/h1-7H/b3-2+. The Labute approximate surface area is 75.0 Å². The Balaban J connectivity index is 2.15. The number of rotatable bonds is 2. The van der Waals surface area contributed by atoms with Gasteiger partial charge in [-0.25, -0.2) is 15.0 Å². The van der Waals surface area contributed by atoms with Gasteiger partial charge in [-0.15, -0.1) is 0 Å². The van der Waals surface area contributed by atoms with Gasteiger partial charge in [0.05, 0.1) is 6.20 Å². The van der Waals surface area contributed by atoms with Gasteiger partial charge in [0.1, 0.15) is 6.26 Å². The van der Waals surface area contributed by atoms with Crippen LogP contribution in [0.4, 0.5) is 0 Å². The lowest BCUT2D eigenvalue weighted by atomic mass is 10.4. The summed E-state index contributed by atoms with van der Waals surface area (Å²) in [5.41, 5.74) is 0. The molecule has 0 bridgehead atoms. The summed E-state index contributed by atoms with van der Waals surface area (Å²) in [5.74, 6) is 1.19. The molecule has 4 heteroatoms. The number of hydrogen-bond acceptors (Lipinski definition) is 4. The fourth-order valence-corrected chi connectivity index (χ4v) is 0.859. The molecule has 2 rings (SSSR count). The van der Waals surface area contributed by atoms with Crippen LogP contribution in [0.15, 0.2) is 35.3 Å². The zero-order valence-electron chi connectivity index (χ0n) is 6.79. The minimum atomic E-state index is 0.549. The zero-order valence-corrected chi connectivity index (χ0v) is 6.79. The second-order valence-corrected chi connectivity index (χ2v) is 2.31. The third-order valence-electron chi connectivity index (χ3n) is 1.41. The lowest BCUT2D eigenvalue weighted by Gasteiger charge is -1.87. The summed E-state index contributed by atoms with van der Waals surface area (Å²) in [6.45, 7) is 0. The highest BCUT2D eigenvalue weighted by molar-refractivity contribution is 5.61. The van der Waals surface area contributed by atoms with E-state index in [9.17, 15) is 0 Å². The van der Waals surface area contributed by atoms with Crippen molar-refractivity contribution in [2.45, 2.75) is 0 Å². The molecule has 0 aliphatic rings. The predicted molar refractivity (Wildman–Crippen MR) is 47.5 cm³/mol. The second-order valence-electron chi connectivity index (χ2n) is 2.31. The smallest absolute Gasteiger partial charge is 0.218 e. The first-order chi connectivity index (χ1) is 6.45. The molecule has 0 saturated carbocycles. The first-order valence-corrected chi connectivity index (χ1v) is 3.80. The van der Waals surface area contributed by atoms with Crippen molar-refractivity contribution in [2.75, 3.05) is 0 Å². The van der Waals surface area contributed by atoms with Crippen molar-refractivity contribution in [3.8, 4) is 0 Å². The van der Waals surface area contributed by atoms with Crippen LogP contribution in [0.2, 0.25) is 0 Å². The Hall–Kier alpha value is -1.97. The van der Waals surface area contributed by atoms with Gasteiger partial charge in [-0.05, 0) is 12.1 Å². The number of hydrogen-bond donors (Lipinski definition) is 0. The average molecular weight is 173 g/mol. The van der Waals surface area contributed by atoms with E-state index in [4.69, 9.17) is 4.42 Å². The number of oxazole rings is 1. The van der Waals surface area contributed by atoms with Gasteiger partial charge in [-0.1, -0.05) is 0 Å². The van der Waals surface area contributed by atoms with Crippen LogP contribution in [0.1, 0.15) is 11.7 Å². The van der Waals surface area contributed by atoms with E-state index < -0.39 is 0 Å². The summed E-state index contributed by atoms with van der Waals surface area (Å²) in [7, 11) is 0. The second kappa shape index (κ2) is 3.62. The number of aromatic nitrogens is 3. The van der Waals surface area contributed by atoms with Gasteiger partial charge in [-0.2, -0.15) is 0 Å². The highest BCUT2D eigenvalue weighted by atomic mass is 16.3. The minimum absolute atomic E-state index is 0.549. The van der Waals surface area contributed by atoms with Gasteiger partial charge in [0.2, 0.25) is 5.89 Å². The van der Waals surface area contributed by atoms with E-state index in [0.717, 1.165) is 0 Å². The third-order valence-corrected chi connectivity index (χ3v) is 1.41. The van der Waals surface area contributed by atoms with E-state index in [1.165, 1.54) is 6.26 Å². The molecule has 13 heavy (non-hydrogen) atoms. The molecule has 0 spiro atoms. The quantitative estimate of drug-likeness (QED) is 0.692. The first kappa shape index (κ1) is 7.67. The molecule has 2 aromatic heterocycles. The van der Waals surface area contributed by atoms with Crippen LogP contribution in [0, 0.1) is 0 Å². The molecule has 0 radical (unpaired) electrons. The monoisotopic (exact) mass is 173 g/mol. The van der Waals surface area contributed by atoms with E-state index in [0.29, 0.717) is 11.7 Å². The topological polar surface area (TPSA) is 51.8 Å². The van der Waals surface area contributed by atoms with Crippen molar-refractivity contribution in [2.24, 2.45) is 0 Å². The van der Waals surface area contributed by atoms with Crippen LogP contribution in [0.3, 0.4) is 0 Å². The Kier molecular flexibility index (Phi) is 2.14. The molecule has 0 amide bonds. The van der Waals surface area contributed by atoms with Gasteiger partial charge in [0.25, 0.3) is 0 Å². The first-order valence-electron chi connectivity index (χ1n) is 3.80. The van der Waals surface area contributed by atoms with Crippen LogP contribution in [-0.2, 0) is 0 Å². The van der Waals surface area contributed by atoms with E-state index >= 15 is 0 Å². The van der Waals surface area contributed by atoms with Crippen LogP contribution in [-0.4, -0.2) is 15.0 Å². The maximum Gasteiger partial charge on any atom is 0.218 e. The van der Waals surface area contributed by atoms with E-state index in [1.807, 2.05) is 0 Å². The van der Waals surface area contributed by atoms with Crippen molar-refractivity contribution in [1.29, 1.82) is 0 Å². The lowest BCUT2D eigenvalue weighted by Crippen LogP contribution is -1.82. The number of nitrogens with zero attached hydrogens (tertiary/aromatic N) is 3. The molecule has 0 N–H and O–H groups in total. The average Bonchev–Trinajstić information content (AvgIpc) is 2.69. The Morgan fingerprint density at radius 1 is 1.00 bits per heavy atom. The lowest BCUT2D eigenvalue weighted by molar-refractivity contribution is 0.547. The summed E-state index contributed by atoms with van der Waals surface area (Å²) in [5, 5.41) is 0. The Morgan fingerprint density at radius 2 is 1.85 bits per heavy atom. The fourth-order valence-electron chi connectivity index (χ4n) is 0.859. The van der Waals surface area contributed by atoms with Crippen molar-refractivity contribution in [3.05, 3.63) is 42.6 Å².